The Balaban J connectivity index is 1.40. The van der Waals surface area contributed by atoms with Gasteiger partial charge in [0.25, 0.3) is 0 Å². The van der Waals surface area contributed by atoms with Crippen LogP contribution in [0, 0.1) is 19.8 Å². The molecule has 188 valence electrons. The van der Waals surface area contributed by atoms with Crippen molar-refractivity contribution in [1.82, 2.24) is 0 Å². The first-order chi connectivity index (χ1) is 16.1. The Bertz CT molecular complexity index is 927. The molecule has 1 aliphatic carbocycles. The van der Waals surface area contributed by atoms with Gasteiger partial charge in [-0.05, 0) is 77.1 Å². The third kappa shape index (κ3) is 4.83. The number of carbonyl (C=O) groups excluding carboxylic acids is 1. The number of allylic oxidation sites excluding steroid dienone is 1. The molecule has 1 aromatic carbocycles. The van der Waals surface area contributed by atoms with Gasteiger partial charge in [-0.1, -0.05) is 11.6 Å². The molecule has 0 aromatic heterocycles. The molecule has 1 N–H and O–H groups in total. The second kappa shape index (κ2) is 9.51. The summed E-state index contributed by atoms with van der Waals surface area (Å²) >= 11 is 0. The maximum absolute atomic E-state index is 12.8. The molecule has 7 nitrogen and oxygen atoms in total. The van der Waals surface area contributed by atoms with Crippen LogP contribution in [-0.2, 0) is 23.7 Å². The maximum atomic E-state index is 12.8. The second-order valence-electron chi connectivity index (χ2n) is 10.4. The van der Waals surface area contributed by atoms with E-state index in [1.54, 1.807) is 14.2 Å². The third-order valence-electron chi connectivity index (χ3n) is 7.62. The first kappa shape index (κ1) is 25.0. The fourth-order valence-corrected chi connectivity index (χ4v) is 5.83. The van der Waals surface area contributed by atoms with Crippen LogP contribution in [0.3, 0.4) is 0 Å². The number of hydrogen-bond acceptors (Lipinski definition) is 7. The van der Waals surface area contributed by atoms with Gasteiger partial charge in [-0.15, -0.1) is 0 Å². The Labute approximate surface area is 203 Å². The van der Waals surface area contributed by atoms with Crippen molar-refractivity contribution in [3.63, 3.8) is 0 Å². The molecule has 2 heterocycles. The van der Waals surface area contributed by atoms with Crippen LogP contribution in [0.5, 0.6) is 5.75 Å². The highest BCUT2D eigenvalue weighted by molar-refractivity contribution is 5.75. The molecule has 6 unspecified atom stereocenters. The molecule has 34 heavy (non-hydrogen) atoms. The van der Waals surface area contributed by atoms with Crippen molar-refractivity contribution in [1.29, 1.82) is 0 Å². The zero-order valence-corrected chi connectivity index (χ0v) is 21.5. The summed E-state index contributed by atoms with van der Waals surface area (Å²) in [6, 6.07) is 3.94. The van der Waals surface area contributed by atoms with Crippen molar-refractivity contribution in [3.05, 3.63) is 34.9 Å². The molecule has 1 saturated carbocycles. The summed E-state index contributed by atoms with van der Waals surface area (Å²) in [5.74, 6) is 0.582. The fourth-order valence-electron chi connectivity index (χ4n) is 5.83. The summed E-state index contributed by atoms with van der Waals surface area (Å²) in [5, 5.41) is 3.19. The van der Waals surface area contributed by atoms with E-state index in [4.69, 9.17) is 23.7 Å². The van der Waals surface area contributed by atoms with Crippen LogP contribution >= 0.6 is 0 Å². The molecule has 4 rings (SSSR count). The van der Waals surface area contributed by atoms with Crippen molar-refractivity contribution in [2.45, 2.75) is 83.4 Å². The topological polar surface area (TPSA) is 81.9 Å². The smallest absolute Gasteiger partial charge is 0.325 e. The van der Waals surface area contributed by atoms with E-state index in [-0.39, 0.29) is 47.9 Å². The van der Waals surface area contributed by atoms with E-state index in [0.29, 0.717) is 6.61 Å². The van der Waals surface area contributed by atoms with Gasteiger partial charge >= 0.3 is 5.97 Å². The van der Waals surface area contributed by atoms with E-state index in [1.807, 2.05) is 26.0 Å². The largest absolute Gasteiger partial charge is 0.496 e. The number of ether oxygens (including phenoxy) is 5. The van der Waals surface area contributed by atoms with Crippen molar-refractivity contribution < 1.29 is 28.5 Å². The van der Waals surface area contributed by atoms with Crippen LogP contribution in [0.25, 0.3) is 0 Å². The first-order valence-corrected chi connectivity index (χ1v) is 12.2. The Morgan fingerprint density at radius 2 is 1.91 bits per heavy atom. The van der Waals surface area contributed by atoms with Crippen molar-refractivity contribution in [2.24, 2.45) is 5.92 Å². The minimum atomic E-state index is -0.343. The van der Waals surface area contributed by atoms with Gasteiger partial charge in [0.05, 0.1) is 25.7 Å². The number of epoxide rings is 2. The fraction of sp³-hybridized carbons (Fsp3) is 0.667. The summed E-state index contributed by atoms with van der Waals surface area (Å²) in [6.45, 7) is 11.1. The molecule has 0 amide bonds. The van der Waals surface area contributed by atoms with Gasteiger partial charge < -0.3 is 29.0 Å². The predicted octanol–water partition coefficient (Wildman–Crippen LogP) is 4.34. The summed E-state index contributed by atoms with van der Waals surface area (Å²) in [6.07, 6.45) is 4.17. The van der Waals surface area contributed by atoms with Gasteiger partial charge in [-0.2, -0.15) is 0 Å². The van der Waals surface area contributed by atoms with Gasteiger partial charge in [-0.25, -0.2) is 0 Å². The number of carbonyl (C=O) groups is 1. The number of methoxy groups -OCH3 is 2. The number of anilines is 1. The van der Waals surface area contributed by atoms with E-state index in [0.717, 1.165) is 41.8 Å². The third-order valence-corrected chi connectivity index (χ3v) is 7.62. The van der Waals surface area contributed by atoms with E-state index >= 15 is 0 Å². The zero-order chi connectivity index (χ0) is 24.7. The van der Waals surface area contributed by atoms with Crippen molar-refractivity contribution in [3.8, 4) is 5.75 Å². The van der Waals surface area contributed by atoms with Gasteiger partial charge in [0.2, 0.25) is 0 Å². The van der Waals surface area contributed by atoms with E-state index in [1.165, 1.54) is 5.57 Å². The van der Waals surface area contributed by atoms with Gasteiger partial charge in [-0.3, -0.25) is 4.79 Å². The second-order valence-corrected chi connectivity index (χ2v) is 10.4. The monoisotopic (exact) mass is 473 g/mol. The lowest BCUT2D eigenvalue weighted by atomic mass is 9.68. The van der Waals surface area contributed by atoms with Crippen LogP contribution in [-0.4, -0.2) is 62.9 Å². The molecule has 1 spiro atoms. The minimum absolute atomic E-state index is 0.0203. The summed E-state index contributed by atoms with van der Waals surface area (Å²) in [4.78, 5) is 12.8. The van der Waals surface area contributed by atoms with Crippen LogP contribution < -0.4 is 10.1 Å². The Morgan fingerprint density at radius 1 is 1.24 bits per heavy atom. The van der Waals surface area contributed by atoms with E-state index < -0.39 is 0 Å². The number of rotatable bonds is 9. The highest BCUT2D eigenvalue weighted by Gasteiger charge is 2.72. The highest BCUT2D eigenvalue weighted by Crippen LogP contribution is 2.59. The van der Waals surface area contributed by atoms with Gasteiger partial charge in [0, 0.05) is 12.8 Å². The summed E-state index contributed by atoms with van der Waals surface area (Å²) in [7, 11) is 3.36. The highest BCUT2D eigenvalue weighted by atomic mass is 16.6. The molecule has 2 saturated heterocycles. The lowest BCUT2D eigenvalue weighted by Gasteiger charge is -2.42. The Morgan fingerprint density at radius 3 is 2.47 bits per heavy atom. The average molecular weight is 474 g/mol. The van der Waals surface area contributed by atoms with E-state index in [9.17, 15) is 4.79 Å². The van der Waals surface area contributed by atoms with Crippen molar-refractivity contribution >= 4 is 11.7 Å². The minimum Gasteiger partial charge on any atom is -0.496 e. The van der Waals surface area contributed by atoms with E-state index in [2.05, 4.69) is 32.2 Å². The Kier molecular flexibility index (Phi) is 7.00. The molecular weight excluding hydrogens is 434 g/mol. The Hall–Kier alpha value is -2.09. The SMILES string of the molecule is COc1c(C)cc(NCC(=O)OC2CCC3(CO3)C(C3(C)OC3CC=C(C)C)C2OC)cc1C. The van der Waals surface area contributed by atoms with Crippen LogP contribution in [0.15, 0.2) is 23.8 Å². The average Bonchev–Trinajstić information content (AvgIpc) is 3.69. The maximum Gasteiger partial charge on any atom is 0.325 e. The lowest BCUT2D eigenvalue weighted by Crippen LogP contribution is -2.55. The zero-order valence-electron chi connectivity index (χ0n) is 21.5. The molecule has 2 aliphatic heterocycles. The number of aryl methyl sites for hydroxylation is 2. The molecule has 7 heteroatoms. The lowest BCUT2D eigenvalue weighted by molar-refractivity contribution is -0.170. The number of nitrogens with one attached hydrogen (secondary N) is 1. The molecule has 0 radical (unpaired) electrons. The van der Waals surface area contributed by atoms with Crippen molar-refractivity contribution in [2.75, 3.05) is 32.7 Å². The summed E-state index contributed by atoms with van der Waals surface area (Å²) < 4.78 is 29.6. The first-order valence-electron chi connectivity index (χ1n) is 12.2. The number of benzene rings is 1. The van der Waals surface area contributed by atoms with Gasteiger partial charge in [0.15, 0.2) is 0 Å². The predicted molar refractivity (Wildman–Crippen MR) is 130 cm³/mol. The number of hydrogen-bond donors (Lipinski definition) is 1. The molecule has 6 atom stereocenters. The summed E-state index contributed by atoms with van der Waals surface area (Å²) in [5.41, 5.74) is 3.61. The molecule has 1 aromatic rings. The normalized spacial score (nSPS) is 33.9. The standard InChI is InChI=1S/C27H39NO6/c1-16(2)8-9-21-26(5,34-21)25-24(31-7)20(10-11-27(25)15-32-27)33-22(29)14-28-19-12-17(3)23(30-6)18(4)13-19/h8,12-13,20-21,24-25,28H,9-11,14-15H2,1-7H3. The van der Waals surface area contributed by atoms with Crippen LogP contribution in [0.4, 0.5) is 5.69 Å². The van der Waals surface area contributed by atoms with Gasteiger partial charge in [0.1, 0.15) is 35.7 Å². The molecule has 3 aliphatic rings. The number of esters is 1. The van der Waals surface area contributed by atoms with Crippen LogP contribution in [0.2, 0.25) is 0 Å². The molecular formula is C27H39NO6. The molecule has 0 bridgehead atoms. The quantitative estimate of drug-likeness (QED) is 0.324. The molecule has 3 fully saturated rings. The van der Waals surface area contributed by atoms with Crippen LogP contribution in [0.1, 0.15) is 51.2 Å².